The van der Waals surface area contributed by atoms with Gasteiger partial charge in [0.1, 0.15) is 5.15 Å². The standard InChI is InChI=1S/C6H5BrClNO2S/c1-3-4(7)2-9-6(8)5(3)12(10)11/h2H,1H3,(H,10,11)/p-1. The lowest BCUT2D eigenvalue weighted by Crippen LogP contribution is -1.97. The van der Waals surface area contributed by atoms with Crippen molar-refractivity contribution in [2.75, 3.05) is 0 Å². The van der Waals surface area contributed by atoms with Crippen LogP contribution < -0.4 is 0 Å². The first kappa shape index (κ1) is 10.1. The third-order valence-corrected chi connectivity index (χ3v) is 3.38. The van der Waals surface area contributed by atoms with Gasteiger partial charge in [0, 0.05) is 10.7 Å². The lowest BCUT2D eigenvalue weighted by atomic mass is 10.3. The van der Waals surface area contributed by atoms with E-state index in [1.54, 1.807) is 6.92 Å². The molecular weight excluding hydrogens is 265 g/mol. The van der Waals surface area contributed by atoms with Crippen LogP contribution in [0.1, 0.15) is 5.56 Å². The van der Waals surface area contributed by atoms with Crippen LogP contribution in [-0.4, -0.2) is 13.7 Å². The van der Waals surface area contributed by atoms with Gasteiger partial charge >= 0.3 is 0 Å². The first-order valence-electron chi connectivity index (χ1n) is 2.94. The second kappa shape index (κ2) is 3.83. The molecule has 0 saturated heterocycles. The fourth-order valence-corrected chi connectivity index (χ4v) is 2.09. The molecule has 0 bridgehead atoms. The van der Waals surface area contributed by atoms with Crippen molar-refractivity contribution < 1.29 is 8.76 Å². The molecule has 1 rings (SSSR count). The molecule has 0 N–H and O–H groups in total. The van der Waals surface area contributed by atoms with E-state index in [1.165, 1.54) is 6.20 Å². The quantitative estimate of drug-likeness (QED) is 0.579. The number of pyridine rings is 1. The molecule has 12 heavy (non-hydrogen) atoms. The van der Waals surface area contributed by atoms with Gasteiger partial charge in [-0.1, -0.05) is 11.6 Å². The molecule has 66 valence electrons. The number of hydrogen-bond donors (Lipinski definition) is 0. The minimum atomic E-state index is -2.34. The van der Waals surface area contributed by atoms with Crippen molar-refractivity contribution in [2.24, 2.45) is 0 Å². The smallest absolute Gasteiger partial charge is 0.144 e. The van der Waals surface area contributed by atoms with Crippen LogP contribution in [0.4, 0.5) is 0 Å². The van der Waals surface area contributed by atoms with E-state index in [4.69, 9.17) is 11.6 Å². The molecule has 0 aliphatic rings. The van der Waals surface area contributed by atoms with Gasteiger partial charge in [-0.15, -0.1) is 0 Å². The molecule has 0 aromatic carbocycles. The highest BCUT2D eigenvalue weighted by Crippen LogP contribution is 2.26. The van der Waals surface area contributed by atoms with Gasteiger partial charge in [0.25, 0.3) is 0 Å². The first-order valence-corrected chi connectivity index (χ1v) is 5.18. The van der Waals surface area contributed by atoms with Gasteiger partial charge in [0.05, 0.1) is 4.90 Å². The Kier molecular flexibility index (Phi) is 3.22. The predicted octanol–water partition coefficient (Wildman–Crippen LogP) is 2.04. The van der Waals surface area contributed by atoms with E-state index < -0.39 is 11.1 Å². The van der Waals surface area contributed by atoms with E-state index in [2.05, 4.69) is 20.9 Å². The maximum atomic E-state index is 10.6. The zero-order valence-electron chi connectivity index (χ0n) is 6.01. The lowest BCUT2D eigenvalue weighted by Gasteiger charge is -2.10. The molecule has 0 fully saturated rings. The van der Waals surface area contributed by atoms with Crippen LogP contribution in [0, 0.1) is 6.92 Å². The Morgan fingerprint density at radius 2 is 2.33 bits per heavy atom. The van der Waals surface area contributed by atoms with Crippen LogP contribution >= 0.6 is 27.5 Å². The van der Waals surface area contributed by atoms with Crippen molar-refractivity contribution in [2.45, 2.75) is 11.8 Å². The Bertz CT molecular complexity index is 345. The zero-order chi connectivity index (χ0) is 9.30. The molecule has 3 nitrogen and oxygen atoms in total. The summed E-state index contributed by atoms with van der Waals surface area (Å²) in [4.78, 5) is 3.73. The van der Waals surface area contributed by atoms with Crippen LogP contribution in [-0.2, 0) is 11.1 Å². The summed E-state index contributed by atoms with van der Waals surface area (Å²) in [5.41, 5.74) is 0.573. The molecule has 1 unspecified atom stereocenters. The maximum Gasteiger partial charge on any atom is 0.144 e. The van der Waals surface area contributed by atoms with Gasteiger partial charge in [-0.05, 0) is 39.5 Å². The molecule has 0 amide bonds. The summed E-state index contributed by atoms with van der Waals surface area (Å²) < 4.78 is 21.9. The largest absolute Gasteiger partial charge is 0.768 e. The highest BCUT2D eigenvalue weighted by Gasteiger charge is 2.08. The average Bonchev–Trinajstić information content (AvgIpc) is 1.97. The normalized spacial score (nSPS) is 13.0. The van der Waals surface area contributed by atoms with Crippen LogP contribution in [0.3, 0.4) is 0 Å². The van der Waals surface area contributed by atoms with E-state index in [9.17, 15) is 8.76 Å². The summed E-state index contributed by atoms with van der Waals surface area (Å²) in [5.74, 6) is 0. The number of halogens is 2. The van der Waals surface area contributed by atoms with E-state index in [0.717, 1.165) is 0 Å². The predicted molar refractivity (Wildman–Crippen MR) is 48.9 cm³/mol. The molecular formula is C6H4BrClNO2S-. The molecule has 0 saturated carbocycles. The molecule has 1 aromatic heterocycles. The number of nitrogens with zero attached hydrogens (tertiary/aromatic N) is 1. The molecule has 0 aliphatic heterocycles. The fraction of sp³-hybridized carbons (Fsp3) is 0.167. The fourth-order valence-electron chi connectivity index (χ4n) is 0.726. The van der Waals surface area contributed by atoms with Crippen molar-refractivity contribution in [3.05, 3.63) is 21.4 Å². The van der Waals surface area contributed by atoms with Crippen LogP contribution in [0.2, 0.25) is 5.15 Å². The van der Waals surface area contributed by atoms with E-state index in [0.29, 0.717) is 10.0 Å². The van der Waals surface area contributed by atoms with Crippen LogP contribution in [0.25, 0.3) is 0 Å². The summed E-state index contributed by atoms with van der Waals surface area (Å²) in [7, 11) is 0. The molecule has 6 heteroatoms. The zero-order valence-corrected chi connectivity index (χ0v) is 9.16. The van der Waals surface area contributed by atoms with Crippen molar-refractivity contribution in [1.82, 2.24) is 4.98 Å². The minimum absolute atomic E-state index is 0.00373. The van der Waals surface area contributed by atoms with Gasteiger partial charge in [0.15, 0.2) is 0 Å². The van der Waals surface area contributed by atoms with E-state index >= 15 is 0 Å². The monoisotopic (exact) mass is 268 g/mol. The Morgan fingerprint density at radius 1 is 1.75 bits per heavy atom. The molecule has 0 aliphatic carbocycles. The molecule has 1 heterocycles. The second-order valence-electron chi connectivity index (χ2n) is 2.09. The first-order chi connectivity index (χ1) is 5.54. The topological polar surface area (TPSA) is 53.0 Å². The Balaban J connectivity index is 3.43. The van der Waals surface area contributed by atoms with Gasteiger partial charge in [-0.25, -0.2) is 4.98 Å². The second-order valence-corrected chi connectivity index (χ2v) is 4.18. The number of hydrogen-bond acceptors (Lipinski definition) is 3. The van der Waals surface area contributed by atoms with Crippen LogP contribution in [0.5, 0.6) is 0 Å². The SMILES string of the molecule is Cc1c(Br)cnc(Cl)c1S(=O)[O-]. The minimum Gasteiger partial charge on any atom is -0.768 e. The summed E-state index contributed by atoms with van der Waals surface area (Å²) in [6, 6.07) is 0. The van der Waals surface area contributed by atoms with Gasteiger partial charge in [-0.3, -0.25) is 4.21 Å². The highest BCUT2D eigenvalue weighted by molar-refractivity contribution is 9.10. The third kappa shape index (κ3) is 1.85. The third-order valence-electron chi connectivity index (χ3n) is 1.34. The van der Waals surface area contributed by atoms with Gasteiger partial charge in [-0.2, -0.15) is 0 Å². The highest BCUT2D eigenvalue weighted by atomic mass is 79.9. The lowest BCUT2D eigenvalue weighted by molar-refractivity contribution is 0.536. The Labute approximate surface area is 85.6 Å². The summed E-state index contributed by atoms with van der Waals surface area (Å²) in [6.07, 6.45) is 1.47. The van der Waals surface area contributed by atoms with Gasteiger partial charge < -0.3 is 4.55 Å². The summed E-state index contributed by atoms with van der Waals surface area (Å²) in [5, 5.41) is 0.00373. The molecule has 1 aromatic rings. The van der Waals surface area contributed by atoms with Crippen molar-refractivity contribution in [3.63, 3.8) is 0 Å². The van der Waals surface area contributed by atoms with E-state index in [-0.39, 0.29) is 10.0 Å². The summed E-state index contributed by atoms with van der Waals surface area (Å²) >= 11 is 6.39. The maximum absolute atomic E-state index is 10.6. The number of rotatable bonds is 1. The van der Waals surface area contributed by atoms with Crippen molar-refractivity contribution in [3.8, 4) is 0 Å². The molecule has 0 radical (unpaired) electrons. The molecule has 1 atom stereocenters. The van der Waals surface area contributed by atoms with Crippen LogP contribution in [0.15, 0.2) is 15.6 Å². The summed E-state index contributed by atoms with van der Waals surface area (Å²) in [6.45, 7) is 1.66. The number of aromatic nitrogens is 1. The van der Waals surface area contributed by atoms with Crippen molar-refractivity contribution >= 4 is 38.6 Å². The molecule has 0 spiro atoms. The Hall–Kier alpha value is 0.0300. The van der Waals surface area contributed by atoms with E-state index in [1.807, 2.05) is 0 Å². The van der Waals surface area contributed by atoms with Gasteiger partial charge in [0.2, 0.25) is 0 Å². The Morgan fingerprint density at radius 3 is 2.75 bits per heavy atom. The average molecular weight is 270 g/mol. The van der Waals surface area contributed by atoms with Crippen molar-refractivity contribution in [1.29, 1.82) is 0 Å².